The van der Waals surface area contributed by atoms with Crippen molar-refractivity contribution in [2.75, 3.05) is 27.3 Å². The number of ether oxygens (including phenoxy) is 2. The molecule has 2 N–H and O–H groups in total. The Balaban J connectivity index is 0.00000242. The van der Waals surface area contributed by atoms with E-state index in [-0.39, 0.29) is 23.3 Å². The highest BCUT2D eigenvalue weighted by atomic mass is 35.5. The third kappa shape index (κ3) is 4.25. The highest BCUT2D eigenvalue weighted by molar-refractivity contribution is 7.89. The van der Waals surface area contributed by atoms with Gasteiger partial charge in [-0.3, -0.25) is 0 Å². The molecule has 1 heterocycles. The Morgan fingerprint density at radius 2 is 1.86 bits per heavy atom. The summed E-state index contributed by atoms with van der Waals surface area (Å²) >= 11 is 0. The first-order chi connectivity index (χ1) is 9.97. The SMILES string of the molecule is COc1cc(C)c(S(=O)(=O)N[C@@H]2CCCNC2)cc1OC.Cl. The van der Waals surface area contributed by atoms with Crippen LogP contribution in [0.2, 0.25) is 0 Å². The number of benzene rings is 1. The van der Waals surface area contributed by atoms with E-state index in [1.165, 1.54) is 20.3 Å². The molecule has 1 saturated heterocycles. The molecule has 0 amide bonds. The van der Waals surface area contributed by atoms with E-state index in [1.54, 1.807) is 13.0 Å². The Kier molecular flexibility index (Phi) is 6.93. The van der Waals surface area contributed by atoms with Crippen LogP contribution >= 0.6 is 12.4 Å². The van der Waals surface area contributed by atoms with E-state index < -0.39 is 10.0 Å². The first-order valence-corrected chi connectivity index (χ1v) is 8.42. The standard InChI is InChI=1S/C14H22N2O4S.ClH/c1-10-7-12(19-2)13(20-3)8-14(10)21(17,18)16-11-5-4-6-15-9-11;/h7-8,11,15-16H,4-6,9H2,1-3H3;1H/t11-;/m1./s1. The van der Waals surface area contributed by atoms with Crippen LogP contribution in [0.25, 0.3) is 0 Å². The second-order valence-electron chi connectivity index (χ2n) is 5.14. The molecule has 6 nitrogen and oxygen atoms in total. The normalized spacial score (nSPS) is 18.4. The summed E-state index contributed by atoms with van der Waals surface area (Å²) in [5, 5.41) is 3.19. The molecule has 1 aromatic rings. The van der Waals surface area contributed by atoms with Gasteiger partial charge in [0.25, 0.3) is 0 Å². The van der Waals surface area contributed by atoms with Crippen LogP contribution in [0.5, 0.6) is 11.5 Å². The molecule has 2 rings (SSSR count). The van der Waals surface area contributed by atoms with Crippen molar-refractivity contribution in [2.45, 2.75) is 30.7 Å². The molecule has 0 bridgehead atoms. The maximum absolute atomic E-state index is 12.6. The van der Waals surface area contributed by atoms with Gasteiger partial charge in [-0.15, -0.1) is 12.4 Å². The molecule has 1 aliphatic heterocycles. The minimum atomic E-state index is -3.57. The fraction of sp³-hybridized carbons (Fsp3) is 0.571. The number of hydrogen-bond acceptors (Lipinski definition) is 5. The van der Waals surface area contributed by atoms with Gasteiger partial charge in [-0.2, -0.15) is 0 Å². The largest absolute Gasteiger partial charge is 0.493 e. The molecule has 1 fully saturated rings. The lowest BCUT2D eigenvalue weighted by Crippen LogP contribution is -2.45. The lowest BCUT2D eigenvalue weighted by atomic mass is 10.1. The minimum absolute atomic E-state index is 0. The maximum atomic E-state index is 12.6. The van der Waals surface area contributed by atoms with Gasteiger partial charge in [-0.25, -0.2) is 13.1 Å². The van der Waals surface area contributed by atoms with Gasteiger partial charge < -0.3 is 14.8 Å². The zero-order chi connectivity index (χ0) is 15.5. The minimum Gasteiger partial charge on any atom is -0.493 e. The van der Waals surface area contributed by atoms with E-state index in [4.69, 9.17) is 9.47 Å². The topological polar surface area (TPSA) is 76.7 Å². The fourth-order valence-corrected chi connectivity index (χ4v) is 4.00. The van der Waals surface area contributed by atoms with Crippen molar-refractivity contribution < 1.29 is 17.9 Å². The average Bonchev–Trinajstić information content (AvgIpc) is 2.47. The van der Waals surface area contributed by atoms with E-state index in [2.05, 4.69) is 10.0 Å². The summed E-state index contributed by atoms with van der Waals surface area (Å²) in [4.78, 5) is 0.228. The number of hydrogen-bond donors (Lipinski definition) is 2. The van der Waals surface area contributed by atoms with Gasteiger partial charge in [0.05, 0.1) is 19.1 Å². The molecule has 8 heteroatoms. The zero-order valence-corrected chi connectivity index (χ0v) is 14.6. The summed E-state index contributed by atoms with van der Waals surface area (Å²) in [5.41, 5.74) is 0.629. The molecular formula is C14H23ClN2O4S. The van der Waals surface area contributed by atoms with Crippen LogP contribution in [0.3, 0.4) is 0 Å². The first kappa shape index (κ1) is 19.0. The Morgan fingerprint density at radius 1 is 1.23 bits per heavy atom. The van der Waals surface area contributed by atoms with Crippen molar-refractivity contribution in [1.82, 2.24) is 10.0 Å². The van der Waals surface area contributed by atoms with Crippen molar-refractivity contribution in [3.05, 3.63) is 17.7 Å². The van der Waals surface area contributed by atoms with Crippen LogP contribution in [-0.2, 0) is 10.0 Å². The molecule has 0 radical (unpaired) electrons. The van der Waals surface area contributed by atoms with Gasteiger partial charge in [0.2, 0.25) is 10.0 Å². The van der Waals surface area contributed by atoms with Crippen molar-refractivity contribution in [2.24, 2.45) is 0 Å². The molecule has 0 unspecified atom stereocenters. The van der Waals surface area contributed by atoms with E-state index in [0.717, 1.165) is 19.4 Å². The molecule has 126 valence electrons. The molecule has 0 saturated carbocycles. The zero-order valence-electron chi connectivity index (χ0n) is 13.0. The van der Waals surface area contributed by atoms with Crippen molar-refractivity contribution in [3.8, 4) is 11.5 Å². The molecule has 0 aliphatic carbocycles. The highest BCUT2D eigenvalue weighted by Gasteiger charge is 2.24. The molecule has 22 heavy (non-hydrogen) atoms. The second-order valence-corrected chi connectivity index (χ2v) is 6.82. The van der Waals surface area contributed by atoms with Crippen LogP contribution in [0.1, 0.15) is 18.4 Å². The molecule has 0 spiro atoms. The monoisotopic (exact) mass is 350 g/mol. The number of rotatable bonds is 5. The molecule has 1 aliphatic rings. The van der Waals surface area contributed by atoms with Gasteiger partial charge in [0.1, 0.15) is 0 Å². The third-order valence-corrected chi connectivity index (χ3v) is 5.25. The van der Waals surface area contributed by atoms with Crippen molar-refractivity contribution in [3.63, 3.8) is 0 Å². The van der Waals surface area contributed by atoms with Gasteiger partial charge in [0.15, 0.2) is 11.5 Å². The summed E-state index contributed by atoms with van der Waals surface area (Å²) in [7, 11) is -0.560. The number of nitrogens with one attached hydrogen (secondary N) is 2. The van der Waals surface area contributed by atoms with Crippen LogP contribution in [0.4, 0.5) is 0 Å². The Labute approximate surface area is 138 Å². The van der Waals surface area contributed by atoms with Crippen molar-refractivity contribution >= 4 is 22.4 Å². The summed E-state index contributed by atoms with van der Waals surface area (Å²) in [5.74, 6) is 0.929. The van der Waals surface area contributed by atoms with E-state index in [9.17, 15) is 8.42 Å². The molecule has 1 atom stereocenters. The Hall–Kier alpha value is -1.02. The predicted molar refractivity (Wildman–Crippen MR) is 87.7 cm³/mol. The Bertz CT molecular complexity index is 601. The smallest absolute Gasteiger partial charge is 0.241 e. The molecule has 0 aromatic heterocycles. The van der Waals surface area contributed by atoms with E-state index in [0.29, 0.717) is 23.6 Å². The lowest BCUT2D eigenvalue weighted by molar-refractivity contribution is 0.353. The first-order valence-electron chi connectivity index (χ1n) is 6.93. The highest BCUT2D eigenvalue weighted by Crippen LogP contribution is 2.32. The van der Waals surface area contributed by atoms with E-state index in [1.807, 2.05) is 0 Å². The Morgan fingerprint density at radius 3 is 2.41 bits per heavy atom. The summed E-state index contributed by atoms with van der Waals surface area (Å²) in [6.45, 7) is 3.34. The van der Waals surface area contributed by atoms with Crippen LogP contribution in [0.15, 0.2) is 17.0 Å². The second kappa shape index (κ2) is 8.01. The number of methoxy groups -OCH3 is 2. The van der Waals surface area contributed by atoms with Gasteiger partial charge >= 0.3 is 0 Å². The van der Waals surface area contributed by atoms with Crippen LogP contribution < -0.4 is 19.5 Å². The number of sulfonamides is 1. The van der Waals surface area contributed by atoms with Crippen molar-refractivity contribution in [1.29, 1.82) is 0 Å². The van der Waals surface area contributed by atoms with E-state index >= 15 is 0 Å². The fourth-order valence-electron chi connectivity index (χ4n) is 2.49. The summed E-state index contributed by atoms with van der Waals surface area (Å²) in [6.07, 6.45) is 1.82. The number of piperidine rings is 1. The van der Waals surface area contributed by atoms with Crippen LogP contribution in [0, 0.1) is 6.92 Å². The predicted octanol–water partition coefficient (Wildman–Crippen LogP) is 1.46. The number of aryl methyl sites for hydroxylation is 1. The average molecular weight is 351 g/mol. The summed E-state index contributed by atoms with van der Waals surface area (Å²) in [6, 6.07) is 3.11. The maximum Gasteiger partial charge on any atom is 0.241 e. The third-order valence-electron chi connectivity index (χ3n) is 3.59. The summed E-state index contributed by atoms with van der Waals surface area (Å²) < 4.78 is 38.2. The van der Waals surface area contributed by atoms with Gasteiger partial charge in [0, 0.05) is 18.7 Å². The van der Waals surface area contributed by atoms with Gasteiger partial charge in [-0.1, -0.05) is 0 Å². The quantitative estimate of drug-likeness (QED) is 0.840. The van der Waals surface area contributed by atoms with Gasteiger partial charge in [-0.05, 0) is 37.9 Å². The van der Waals surface area contributed by atoms with Crippen LogP contribution in [-0.4, -0.2) is 41.8 Å². The number of halogens is 1. The molecule has 1 aromatic carbocycles. The molecular weight excluding hydrogens is 328 g/mol. The lowest BCUT2D eigenvalue weighted by Gasteiger charge is -2.24.